The lowest BCUT2D eigenvalue weighted by Gasteiger charge is -2.12. The average Bonchev–Trinajstić information content (AvgIpc) is 3.42. The van der Waals surface area contributed by atoms with Crippen LogP contribution in [0.5, 0.6) is 11.5 Å². The summed E-state index contributed by atoms with van der Waals surface area (Å²) in [5.74, 6) is 0.841. The molecule has 0 spiro atoms. The van der Waals surface area contributed by atoms with Crippen LogP contribution in [0.4, 0.5) is 4.39 Å². The summed E-state index contributed by atoms with van der Waals surface area (Å²) in [7, 11) is 0. The van der Waals surface area contributed by atoms with Gasteiger partial charge >= 0.3 is 0 Å². The van der Waals surface area contributed by atoms with E-state index in [1.54, 1.807) is 16.6 Å². The molecular weight excluding hydrogens is 411 g/mol. The highest BCUT2D eigenvalue weighted by Gasteiger charge is 2.19. The van der Waals surface area contributed by atoms with E-state index in [9.17, 15) is 9.18 Å². The van der Waals surface area contributed by atoms with Gasteiger partial charge in [-0.1, -0.05) is 24.3 Å². The van der Waals surface area contributed by atoms with Gasteiger partial charge in [-0.25, -0.2) is 13.9 Å². The topological polar surface area (TPSA) is 77.8 Å². The Balaban J connectivity index is 1.39. The molecule has 2 aromatic heterocycles. The quantitative estimate of drug-likeness (QED) is 0.520. The van der Waals surface area contributed by atoms with E-state index in [-0.39, 0.29) is 18.5 Å². The van der Waals surface area contributed by atoms with Gasteiger partial charge in [0.25, 0.3) is 5.91 Å². The molecule has 162 valence electrons. The first-order valence-corrected chi connectivity index (χ1v) is 10.2. The number of benzene rings is 2. The summed E-state index contributed by atoms with van der Waals surface area (Å²) >= 11 is 0. The van der Waals surface area contributed by atoms with E-state index in [4.69, 9.17) is 9.47 Å². The standard InChI is InChI=1S/C24H21FN4O3/c1-14-18(10-17-5-3-4-6-20(17)25)15(2)29-23(28-14)19(12-27-29)24(30)26-11-16-7-8-21-22(9-16)32-13-31-21/h3-9,12H,10-11,13H2,1-2H3,(H,26,30). The molecular formula is C24H21FN4O3. The summed E-state index contributed by atoms with van der Waals surface area (Å²) < 4.78 is 26.5. The van der Waals surface area contributed by atoms with Crippen LogP contribution in [0.3, 0.4) is 0 Å². The van der Waals surface area contributed by atoms with Crippen molar-refractivity contribution in [1.82, 2.24) is 19.9 Å². The van der Waals surface area contributed by atoms with Gasteiger partial charge in [0.05, 0.1) is 6.20 Å². The first-order chi connectivity index (χ1) is 15.5. The third kappa shape index (κ3) is 3.53. The monoisotopic (exact) mass is 432 g/mol. The van der Waals surface area contributed by atoms with Gasteiger partial charge in [-0.05, 0) is 48.7 Å². The van der Waals surface area contributed by atoms with E-state index in [0.29, 0.717) is 41.2 Å². The van der Waals surface area contributed by atoms with Crippen LogP contribution < -0.4 is 14.8 Å². The molecule has 0 unspecified atom stereocenters. The Kier molecular flexibility index (Phi) is 4.97. The Morgan fingerprint density at radius 2 is 1.97 bits per heavy atom. The molecule has 1 aliphatic heterocycles. The lowest BCUT2D eigenvalue weighted by Crippen LogP contribution is -2.23. The number of carbonyl (C=O) groups is 1. The minimum atomic E-state index is -0.272. The number of carbonyl (C=O) groups excluding carboxylic acids is 1. The van der Waals surface area contributed by atoms with E-state index >= 15 is 0 Å². The van der Waals surface area contributed by atoms with Crippen LogP contribution in [0, 0.1) is 19.7 Å². The van der Waals surface area contributed by atoms with Crippen molar-refractivity contribution < 1.29 is 18.7 Å². The summed E-state index contributed by atoms with van der Waals surface area (Å²) in [6, 6.07) is 12.2. The number of nitrogens with zero attached hydrogens (tertiary/aromatic N) is 3. The number of halogens is 1. The highest BCUT2D eigenvalue weighted by molar-refractivity contribution is 5.99. The summed E-state index contributed by atoms with van der Waals surface area (Å²) in [6.07, 6.45) is 1.91. The molecule has 5 rings (SSSR count). The fourth-order valence-corrected chi connectivity index (χ4v) is 3.89. The molecule has 0 saturated heterocycles. The molecule has 4 aromatic rings. The smallest absolute Gasteiger partial charge is 0.257 e. The second-order valence-corrected chi connectivity index (χ2v) is 7.69. The minimum Gasteiger partial charge on any atom is -0.454 e. The van der Waals surface area contributed by atoms with E-state index in [2.05, 4.69) is 15.4 Å². The first kappa shape index (κ1) is 20.0. The maximum atomic E-state index is 14.1. The fraction of sp³-hybridized carbons (Fsp3) is 0.208. The van der Waals surface area contributed by atoms with E-state index in [0.717, 1.165) is 22.5 Å². The van der Waals surface area contributed by atoms with Crippen LogP contribution in [0.2, 0.25) is 0 Å². The maximum Gasteiger partial charge on any atom is 0.257 e. The highest BCUT2D eigenvalue weighted by Crippen LogP contribution is 2.32. The molecule has 2 aromatic carbocycles. The predicted molar refractivity (Wildman–Crippen MR) is 115 cm³/mol. The number of fused-ring (bicyclic) bond motifs is 2. The normalized spacial score (nSPS) is 12.3. The SMILES string of the molecule is Cc1nc2c(C(=O)NCc3ccc4c(c3)OCO4)cnn2c(C)c1Cc1ccccc1F. The van der Waals surface area contributed by atoms with Crippen molar-refractivity contribution in [2.24, 2.45) is 0 Å². The number of amides is 1. The molecule has 3 heterocycles. The number of rotatable bonds is 5. The van der Waals surface area contributed by atoms with Crippen molar-refractivity contribution in [3.63, 3.8) is 0 Å². The Bertz CT molecular complexity index is 1350. The molecule has 1 aliphatic rings. The molecule has 0 aliphatic carbocycles. The van der Waals surface area contributed by atoms with Crippen molar-refractivity contribution in [3.8, 4) is 11.5 Å². The van der Waals surface area contributed by atoms with Gasteiger partial charge < -0.3 is 14.8 Å². The fourth-order valence-electron chi connectivity index (χ4n) is 3.89. The third-order valence-corrected chi connectivity index (χ3v) is 5.67. The van der Waals surface area contributed by atoms with Crippen LogP contribution >= 0.6 is 0 Å². The van der Waals surface area contributed by atoms with Gasteiger partial charge in [-0.3, -0.25) is 4.79 Å². The Labute approximate surface area is 183 Å². The van der Waals surface area contributed by atoms with Gasteiger partial charge in [-0.2, -0.15) is 5.10 Å². The van der Waals surface area contributed by atoms with Crippen LogP contribution in [0.25, 0.3) is 5.65 Å². The van der Waals surface area contributed by atoms with Crippen molar-refractivity contribution in [2.75, 3.05) is 6.79 Å². The zero-order chi connectivity index (χ0) is 22.2. The summed E-state index contributed by atoms with van der Waals surface area (Å²) in [5.41, 5.74) is 4.79. The molecule has 1 amide bonds. The Morgan fingerprint density at radius 1 is 1.16 bits per heavy atom. The number of nitrogens with one attached hydrogen (secondary N) is 1. The summed E-state index contributed by atoms with van der Waals surface area (Å²) in [5, 5.41) is 7.28. The minimum absolute atomic E-state index is 0.205. The van der Waals surface area contributed by atoms with Crippen molar-refractivity contribution >= 4 is 11.6 Å². The molecule has 32 heavy (non-hydrogen) atoms. The molecule has 0 bridgehead atoms. The molecule has 0 fully saturated rings. The Hall–Kier alpha value is -3.94. The van der Waals surface area contributed by atoms with Crippen LogP contribution in [0.1, 0.15) is 38.4 Å². The van der Waals surface area contributed by atoms with Gasteiger partial charge in [-0.15, -0.1) is 0 Å². The number of ether oxygens (including phenoxy) is 2. The van der Waals surface area contributed by atoms with Crippen molar-refractivity contribution in [2.45, 2.75) is 26.8 Å². The number of aromatic nitrogens is 3. The molecule has 1 N–H and O–H groups in total. The lowest BCUT2D eigenvalue weighted by molar-refractivity contribution is 0.0952. The van der Waals surface area contributed by atoms with E-state index < -0.39 is 0 Å². The average molecular weight is 432 g/mol. The number of aryl methyl sites for hydroxylation is 2. The highest BCUT2D eigenvalue weighted by atomic mass is 19.1. The number of hydrogen-bond acceptors (Lipinski definition) is 5. The van der Waals surface area contributed by atoms with E-state index in [1.165, 1.54) is 12.3 Å². The molecule has 0 saturated carbocycles. The van der Waals surface area contributed by atoms with Gasteiger partial charge in [0, 0.05) is 24.4 Å². The third-order valence-electron chi connectivity index (χ3n) is 5.67. The largest absolute Gasteiger partial charge is 0.454 e. The first-order valence-electron chi connectivity index (χ1n) is 10.2. The predicted octanol–water partition coefficient (Wildman–Crippen LogP) is 3.73. The summed E-state index contributed by atoms with van der Waals surface area (Å²) in [4.78, 5) is 17.5. The number of hydrogen-bond donors (Lipinski definition) is 1. The molecule has 8 heteroatoms. The van der Waals surface area contributed by atoms with E-state index in [1.807, 2.05) is 38.1 Å². The zero-order valence-electron chi connectivity index (χ0n) is 17.7. The zero-order valence-corrected chi connectivity index (χ0v) is 17.7. The van der Waals surface area contributed by atoms with Gasteiger partial charge in [0.15, 0.2) is 17.1 Å². The lowest BCUT2D eigenvalue weighted by atomic mass is 10.0. The van der Waals surface area contributed by atoms with Gasteiger partial charge in [0.1, 0.15) is 11.4 Å². The molecule has 7 nitrogen and oxygen atoms in total. The molecule has 0 atom stereocenters. The molecule has 0 radical (unpaired) electrons. The van der Waals surface area contributed by atoms with Crippen LogP contribution in [-0.4, -0.2) is 27.3 Å². The van der Waals surface area contributed by atoms with Crippen LogP contribution in [-0.2, 0) is 13.0 Å². The van der Waals surface area contributed by atoms with Crippen LogP contribution in [0.15, 0.2) is 48.7 Å². The van der Waals surface area contributed by atoms with Crippen molar-refractivity contribution in [1.29, 1.82) is 0 Å². The maximum absolute atomic E-state index is 14.1. The summed E-state index contributed by atoms with van der Waals surface area (Å²) in [6.45, 7) is 4.30. The second-order valence-electron chi connectivity index (χ2n) is 7.69. The van der Waals surface area contributed by atoms with Gasteiger partial charge in [0.2, 0.25) is 6.79 Å². The van der Waals surface area contributed by atoms with Crippen molar-refractivity contribution in [3.05, 3.63) is 88.1 Å². The Morgan fingerprint density at radius 3 is 2.81 bits per heavy atom. The second kappa shape index (κ2) is 7.96.